The third-order valence-corrected chi connectivity index (χ3v) is 3.97. The van der Waals surface area contributed by atoms with Crippen LogP contribution in [0.25, 0.3) is 0 Å². The van der Waals surface area contributed by atoms with Crippen molar-refractivity contribution in [1.82, 2.24) is 15.3 Å². The molecule has 116 valence electrons. The molecule has 0 aliphatic carbocycles. The van der Waals surface area contributed by atoms with Crippen LogP contribution in [0.2, 0.25) is 5.15 Å². The highest BCUT2D eigenvalue weighted by atomic mass is 35.5. The van der Waals surface area contributed by atoms with Crippen molar-refractivity contribution >= 4 is 23.5 Å². The van der Waals surface area contributed by atoms with Gasteiger partial charge in [0.15, 0.2) is 0 Å². The summed E-state index contributed by atoms with van der Waals surface area (Å²) in [6.45, 7) is 4.16. The molecule has 1 aromatic heterocycles. The van der Waals surface area contributed by atoms with Gasteiger partial charge in [-0.05, 0) is 37.8 Å². The maximum atomic E-state index is 12.1. The largest absolute Gasteiger partial charge is 0.481 e. The molecule has 0 radical (unpaired) electrons. The molecule has 1 amide bonds. The molecular formula is C14H21ClN4O2. The molecule has 0 aromatic carbocycles. The molecule has 2 rings (SSSR count). The fourth-order valence-electron chi connectivity index (χ4n) is 2.56. The average molecular weight is 313 g/mol. The molecule has 1 fully saturated rings. The van der Waals surface area contributed by atoms with E-state index in [9.17, 15) is 4.79 Å². The summed E-state index contributed by atoms with van der Waals surface area (Å²) in [4.78, 5) is 20.1. The van der Waals surface area contributed by atoms with Gasteiger partial charge in [-0.15, -0.1) is 0 Å². The number of piperidine rings is 1. The first-order valence-electron chi connectivity index (χ1n) is 7.17. The Kier molecular flexibility index (Phi) is 5.76. The van der Waals surface area contributed by atoms with E-state index < -0.39 is 0 Å². The van der Waals surface area contributed by atoms with Gasteiger partial charge in [0.25, 0.3) is 0 Å². The van der Waals surface area contributed by atoms with E-state index in [2.05, 4.69) is 27.5 Å². The summed E-state index contributed by atoms with van der Waals surface area (Å²) in [5.74, 6) is 1.27. The molecule has 1 aromatic rings. The highest BCUT2D eigenvalue weighted by Crippen LogP contribution is 2.23. The number of carbonyl (C=O) groups is 1. The van der Waals surface area contributed by atoms with Gasteiger partial charge >= 0.3 is 0 Å². The number of nitrogens with one attached hydrogen (secondary N) is 2. The molecule has 1 aliphatic heterocycles. The minimum atomic E-state index is -0.0996. The highest BCUT2D eigenvalue weighted by Gasteiger charge is 2.22. The quantitative estimate of drug-likeness (QED) is 0.814. The molecule has 6 nitrogen and oxygen atoms in total. The number of halogens is 1. The minimum Gasteiger partial charge on any atom is -0.481 e. The van der Waals surface area contributed by atoms with Gasteiger partial charge in [0.1, 0.15) is 5.15 Å². The topological polar surface area (TPSA) is 76.1 Å². The Bertz CT molecular complexity index is 492. The first-order chi connectivity index (χ1) is 10.1. The second-order valence-electron chi connectivity index (χ2n) is 5.39. The standard InChI is InChI=1S/C14H21ClN4O2/c1-9(10-4-3-5-16-8-10)6-12(20)18-14-17-11(15)7-13(19-14)21-2/h7,9-10,16H,3-6,8H2,1-2H3,(H,17,18,19,20). The zero-order valence-corrected chi connectivity index (χ0v) is 13.1. The van der Waals surface area contributed by atoms with Crippen molar-refractivity contribution in [2.75, 3.05) is 25.5 Å². The lowest BCUT2D eigenvalue weighted by Gasteiger charge is -2.27. The number of amides is 1. The maximum absolute atomic E-state index is 12.1. The van der Waals surface area contributed by atoms with Crippen LogP contribution in [0.1, 0.15) is 26.2 Å². The first-order valence-corrected chi connectivity index (χ1v) is 7.55. The monoisotopic (exact) mass is 312 g/mol. The van der Waals surface area contributed by atoms with Gasteiger partial charge in [-0.1, -0.05) is 18.5 Å². The van der Waals surface area contributed by atoms with E-state index in [1.54, 1.807) is 0 Å². The molecule has 2 heterocycles. The normalized spacial score (nSPS) is 19.9. The van der Waals surface area contributed by atoms with Gasteiger partial charge in [-0.25, -0.2) is 4.98 Å². The molecule has 2 N–H and O–H groups in total. The molecule has 0 bridgehead atoms. The van der Waals surface area contributed by atoms with Crippen molar-refractivity contribution in [3.8, 4) is 5.88 Å². The number of nitrogens with zero attached hydrogens (tertiary/aromatic N) is 2. The summed E-state index contributed by atoms with van der Waals surface area (Å²) in [5.41, 5.74) is 0. The van der Waals surface area contributed by atoms with Crippen molar-refractivity contribution in [2.45, 2.75) is 26.2 Å². The van der Waals surface area contributed by atoms with Gasteiger partial charge in [0.05, 0.1) is 7.11 Å². The maximum Gasteiger partial charge on any atom is 0.234 e. The lowest BCUT2D eigenvalue weighted by Crippen LogP contribution is -2.34. The molecule has 1 aliphatic rings. The van der Waals surface area contributed by atoms with E-state index in [0.29, 0.717) is 24.1 Å². The van der Waals surface area contributed by atoms with Gasteiger partial charge in [-0.3, -0.25) is 10.1 Å². The summed E-state index contributed by atoms with van der Waals surface area (Å²) in [5, 5.41) is 6.29. The van der Waals surface area contributed by atoms with Crippen LogP contribution in [0.5, 0.6) is 5.88 Å². The van der Waals surface area contributed by atoms with Crippen LogP contribution in [-0.2, 0) is 4.79 Å². The Hall–Kier alpha value is -1.40. The Morgan fingerprint density at radius 1 is 1.62 bits per heavy atom. The Balaban J connectivity index is 1.90. The lowest BCUT2D eigenvalue weighted by molar-refractivity contribution is -0.117. The van der Waals surface area contributed by atoms with Crippen LogP contribution in [0.3, 0.4) is 0 Å². The van der Waals surface area contributed by atoms with Gasteiger partial charge in [0.2, 0.25) is 17.7 Å². The van der Waals surface area contributed by atoms with Gasteiger partial charge < -0.3 is 10.1 Å². The third-order valence-electron chi connectivity index (χ3n) is 3.78. The molecular weight excluding hydrogens is 292 g/mol. The molecule has 21 heavy (non-hydrogen) atoms. The average Bonchev–Trinajstić information content (AvgIpc) is 2.47. The van der Waals surface area contributed by atoms with Crippen LogP contribution in [0.4, 0.5) is 5.95 Å². The van der Waals surface area contributed by atoms with Gasteiger partial charge in [0, 0.05) is 12.5 Å². The van der Waals surface area contributed by atoms with Crippen molar-refractivity contribution < 1.29 is 9.53 Å². The molecule has 1 saturated heterocycles. The zero-order chi connectivity index (χ0) is 15.2. The second kappa shape index (κ2) is 7.56. The number of anilines is 1. The van der Waals surface area contributed by atoms with E-state index in [4.69, 9.17) is 16.3 Å². The van der Waals surface area contributed by atoms with E-state index in [-0.39, 0.29) is 17.0 Å². The number of ether oxygens (including phenoxy) is 1. The van der Waals surface area contributed by atoms with E-state index in [1.165, 1.54) is 26.0 Å². The van der Waals surface area contributed by atoms with Gasteiger partial charge in [-0.2, -0.15) is 4.98 Å². The molecule has 7 heteroatoms. The Labute approximate surface area is 129 Å². The van der Waals surface area contributed by atoms with Crippen LogP contribution in [0.15, 0.2) is 6.07 Å². The van der Waals surface area contributed by atoms with E-state index in [1.807, 2.05) is 0 Å². The predicted octanol–water partition coefficient (Wildman–Crippen LogP) is 2.10. The number of carbonyl (C=O) groups excluding carboxylic acids is 1. The smallest absolute Gasteiger partial charge is 0.234 e. The Morgan fingerprint density at radius 2 is 2.43 bits per heavy atom. The summed E-state index contributed by atoms with van der Waals surface area (Å²) >= 11 is 5.85. The van der Waals surface area contributed by atoms with Crippen LogP contribution in [0, 0.1) is 11.8 Å². The predicted molar refractivity (Wildman–Crippen MR) is 81.6 cm³/mol. The molecule has 0 spiro atoms. The van der Waals surface area contributed by atoms with Crippen LogP contribution >= 0.6 is 11.6 Å². The molecule has 2 atom stereocenters. The van der Waals surface area contributed by atoms with Crippen molar-refractivity contribution in [2.24, 2.45) is 11.8 Å². The van der Waals surface area contributed by atoms with E-state index >= 15 is 0 Å². The van der Waals surface area contributed by atoms with Crippen molar-refractivity contribution in [3.05, 3.63) is 11.2 Å². The third kappa shape index (κ3) is 4.82. The summed E-state index contributed by atoms with van der Waals surface area (Å²) in [6.07, 6.45) is 2.79. The lowest BCUT2D eigenvalue weighted by atomic mass is 9.85. The summed E-state index contributed by atoms with van der Waals surface area (Å²) < 4.78 is 5.00. The number of hydrogen-bond donors (Lipinski definition) is 2. The number of rotatable bonds is 5. The number of hydrogen-bond acceptors (Lipinski definition) is 5. The summed E-state index contributed by atoms with van der Waals surface area (Å²) in [6, 6.07) is 1.49. The SMILES string of the molecule is COc1cc(Cl)nc(NC(=O)CC(C)C2CCCNC2)n1. The summed E-state index contributed by atoms with van der Waals surface area (Å²) in [7, 11) is 1.49. The highest BCUT2D eigenvalue weighted by molar-refractivity contribution is 6.29. The van der Waals surface area contributed by atoms with E-state index in [0.717, 1.165) is 13.1 Å². The van der Waals surface area contributed by atoms with Crippen molar-refractivity contribution in [1.29, 1.82) is 0 Å². The number of aromatic nitrogens is 2. The number of methoxy groups -OCH3 is 1. The minimum absolute atomic E-state index is 0.0996. The fourth-order valence-corrected chi connectivity index (χ4v) is 2.73. The van der Waals surface area contributed by atoms with Crippen molar-refractivity contribution in [3.63, 3.8) is 0 Å². The van der Waals surface area contributed by atoms with Crippen LogP contribution in [-0.4, -0.2) is 36.1 Å². The zero-order valence-electron chi connectivity index (χ0n) is 12.4. The first kappa shape index (κ1) is 16.0. The molecule has 2 unspecified atom stereocenters. The van der Waals surface area contributed by atoms with Crippen LogP contribution < -0.4 is 15.4 Å². The fraction of sp³-hybridized carbons (Fsp3) is 0.643. The molecule has 0 saturated carbocycles. The Morgan fingerprint density at radius 3 is 3.10 bits per heavy atom. The second-order valence-corrected chi connectivity index (χ2v) is 5.78.